The van der Waals surface area contributed by atoms with E-state index in [1.165, 1.54) is 6.07 Å². The van der Waals surface area contributed by atoms with Gasteiger partial charge in [0.2, 0.25) is 11.3 Å². The van der Waals surface area contributed by atoms with Crippen LogP contribution < -0.4 is 0 Å². The van der Waals surface area contributed by atoms with Crippen molar-refractivity contribution >= 4 is 16.3 Å². The summed E-state index contributed by atoms with van der Waals surface area (Å²) >= 11 is 0. The van der Waals surface area contributed by atoms with Crippen molar-refractivity contribution in [1.29, 1.82) is 0 Å². The zero-order valence-corrected chi connectivity index (χ0v) is 9.98. The normalized spacial score (nSPS) is 14.1. The molecule has 0 bridgehead atoms. The van der Waals surface area contributed by atoms with Crippen LogP contribution in [0.3, 0.4) is 0 Å². The molecule has 1 rings (SSSR count). The van der Waals surface area contributed by atoms with E-state index < -0.39 is 20.7 Å². The average Bonchev–Trinajstić information content (AvgIpc) is 2.49. The molecule has 6 nitrogen and oxygen atoms in total. The summed E-state index contributed by atoms with van der Waals surface area (Å²) in [5.74, 6) is 0.0672. The number of hydrogen-bond acceptors (Lipinski definition) is 4. The van der Waals surface area contributed by atoms with E-state index in [9.17, 15) is 13.6 Å². The van der Waals surface area contributed by atoms with Gasteiger partial charge in [0, 0.05) is 20.8 Å². The van der Waals surface area contributed by atoms with E-state index in [1.54, 1.807) is 20.8 Å². The fourth-order valence-corrected chi connectivity index (χ4v) is 1.29. The highest BCUT2D eigenvalue weighted by Crippen LogP contribution is 2.13. The first-order valence-corrected chi connectivity index (χ1v) is 5.93. The van der Waals surface area contributed by atoms with Crippen molar-refractivity contribution in [1.82, 2.24) is 0 Å². The largest absolute Gasteiger partial charge is 0.623 e. The van der Waals surface area contributed by atoms with Crippen LogP contribution in [0.5, 0.6) is 0 Å². The van der Waals surface area contributed by atoms with Gasteiger partial charge in [-0.2, -0.15) is 8.42 Å². The summed E-state index contributed by atoms with van der Waals surface area (Å²) in [4.78, 5) is 0. The van der Waals surface area contributed by atoms with E-state index in [0.29, 0.717) is 4.74 Å². The smallest absolute Gasteiger partial charge is 0.328 e. The standard InChI is InChI=1S/C9H13NO5S/c1-9(2,3)10(11)6-7-4-5-8(15-7)16(12,13)14/h4-6H,1-3H3,(H,12,13,14). The maximum absolute atomic E-state index is 11.5. The van der Waals surface area contributed by atoms with Gasteiger partial charge in [0.05, 0.1) is 0 Å². The van der Waals surface area contributed by atoms with Gasteiger partial charge in [-0.15, -0.1) is 0 Å². The van der Waals surface area contributed by atoms with Crippen LogP contribution >= 0.6 is 0 Å². The Kier molecular flexibility index (Phi) is 3.11. The lowest BCUT2D eigenvalue weighted by atomic mass is 10.1. The van der Waals surface area contributed by atoms with Crippen LogP contribution in [0, 0.1) is 5.21 Å². The first-order chi connectivity index (χ1) is 7.10. The zero-order valence-electron chi connectivity index (χ0n) is 9.17. The van der Waals surface area contributed by atoms with E-state index in [1.807, 2.05) is 0 Å². The second-order valence-electron chi connectivity index (χ2n) is 4.26. The van der Waals surface area contributed by atoms with Crippen molar-refractivity contribution in [3.63, 3.8) is 0 Å². The third-order valence-electron chi connectivity index (χ3n) is 1.76. The molecule has 0 radical (unpaired) electrons. The first kappa shape index (κ1) is 12.7. The highest BCUT2D eigenvalue weighted by molar-refractivity contribution is 7.85. The Labute approximate surface area is 93.5 Å². The molecule has 0 aliphatic carbocycles. The van der Waals surface area contributed by atoms with Gasteiger partial charge < -0.3 is 9.62 Å². The van der Waals surface area contributed by atoms with Crippen molar-refractivity contribution in [3.8, 4) is 0 Å². The van der Waals surface area contributed by atoms with Crippen LogP contribution in [0.1, 0.15) is 26.5 Å². The lowest BCUT2D eigenvalue weighted by molar-refractivity contribution is -0.530. The Morgan fingerprint density at radius 1 is 1.44 bits per heavy atom. The molecule has 0 aliphatic heterocycles. The summed E-state index contributed by atoms with van der Waals surface area (Å²) in [6, 6.07) is 2.37. The van der Waals surface area contributed by atoms with E-state index in [-0.39, 0.29) is 5.76 Å². The van der Waals surface area contributed by atoms with Crippen LogP contribution in [0.2, 0.25) is 0 Å². The SMILES string of the molecule is CC(C)(C)[N+]([O-])=Cc1ccc(S(=O)(=O)O)o1. The van der Waals surface area contributed by atoms with Crippen LogP contribution in [0.15, 0.2) is 21.6 Å². The quantitative estimate of drug-likeness (QED) is 0.279. The molecule has 90 valence electrons. The minimum Gasteiger partial charge on any atom is -0.623 e. The van der Waals surface area contributed by atoms with Crippen molar-refractivity contribution in [2.75, 3.05) is 0 Å². The molecule has 0 fully saturated rings. The fraction of sp³-hybridized carbons (Fsp3) is 0.444. The van der Waals surface area contributed by atoms with E-state index in [4.69, 9.17) is 8.97 Å². The monoisotopic (exact) mass is 247 g/mol. The summed E-state index contributed by atoms with van der Waals surface area (Å²) < 4.78 is 35.5. The third-order valence-corrected chi connectivity index (χ3v) is 2.49. The summed E-state index contributed by atoms with van der Waals surface area (Å²) in [6.45, 7) is 5.09. The van der Waals surface area contributed by atoms with Gasteiger partial charge >= 0.3 is 10.1 Å². The van der Waals surface area contributed by atoms with Gasteiger partial charge in [0.15, 0.2) is 11.3 Å². The first-order valence-electron chi connectivity index (χ1n) is 4.49. The van der Waals surface area contributed by atoms with Crippen molar-refractivity contribution in [3.05, 3.63) is 23.1 Å². The van der Waals surface area contributed by atoms with Gasteiger partial charge in [-0.25, -0.2) is 4.74 Å². The molecule has 0 aliphatic rings. The van der Waals surface area contributed by atoms with Crippen molar-refractivity contribution < 1.29 is 22.1 Å². The fourth-order valence-electron chi connectivity index (χ4n) is 0.852. The highest BCUT2D eigenvalue weighted by Gasteiger charge is 2.20. The van der Waals surface area contributed by atoms with Crippen LogP contribution in [0.4, 0.5) is 0 Å². The Hall–Kier alpha value is -1.34. The van der Waals surface area contributed by atoms with Crippen molar-refractivity contribution in [2.24, 2.45) is 0 Å². The second-order valence-corrected chi connectivity index (χ2v) is 5.61. The van der Waals surface area contributed by atoms with Crippen LogP contribution in [-0.2, 0) is 10.1 Å². The predicted molar refractivity (Wildman–Crippen MR) is 57.1 cm³/mol. The lowest BCUT2D eigenvalue weighted by Gasteiger charge is -2.17. The van der Waals surface area contributed by atoms with Gasteiger partial charge in [-0.1, -0.05) is 0 Å². The molecule has 1 N–H and O–H groups in total. The van der Waals surface area contributed by atoms with E-state index in [0.717, 1.165) is 12.3 Å². The third kappa shape index (κ3) is 3.07. The summed E-state index contributed by atoms with van der Waals surface area (Å²) in [7, 11) is -4.36. The molecule has 1 aromatic rings. The van der Waals surface area contributed by atoms with Crippen LogP contribution in [-0.4, -0.2) is 29.5 Å². The molecule has 0 amide bonds. The number of hydroxylamine groups is 1. The Balaban J connectivity index is 3.06. The van der Waals surface area contributed by atoms with Gasteiger partial charge in [0.1, 0.15) is 0 Å². The molecule has 1 heterocycles. The average molecular weight is 247 g/mol. The van der Waals surface area contributed by atoms with E-state index >= 15 is 0 Å². The molecule has 7 heteroatoms. The predicted octanol–water partition coefficient (Wildman–Crippen LogP) is 1.25. The maximum Gasteiger partial charge on any atom is 0.328 e. The molecular formula is C9H13NO5S. The highest BCUT2D eigenvalue weighted by atomic mass is 32.2. The number of hydrogen-bond donors (Lipinski definition) is 1. The summed E-state index contributed by atoms with van der Waals surface area (Å²) in [6.07, 6.45) is 1.12. The molecular weight excluding hydrogens is 234 g/mol. The molecule has 0 saturated carbocycles. The zero-order chi connectivity index (χ0) is 12.6. The minimum absolute atomic E-state index is 0.0672. The molecule has 1 aromatic heterocycles. The molecule has 0 aromatic carbocycles. The van der Waals surface area contributed by atoms with Gasteiger partial charge in [-0.05, 0) is 12.1 Å². The molecule has 0 spiro atoms. The topological polar surface area (TPSA) is 93.6 Å². The van der Waals surface area contributed by atoms with E-state index in [2.05, 4.69) is 0 Å². The lowest BCUT2D eigenvalue weighted by Crippen LogP contribution is -2.29. The molecule has 0 saturated heterocycles. The summed E-state index contributed by atoms with van der Waals surface area (Å²) in [5, 5.41) is 10.9. The molecule has 16 heavy (non-hydrogen) atoms. The minimum atomic E-state index is -4.36. The Morgan fingerprint density at radius 3 is 2.38 bits per heavy atom. The van der Waals surface area contributed by atoms with Gasteiger partial charge in [-0.3, -0.25) is 4.55 Å². The maximum atomic E-state index is 11.5. The van der Waals surface area contributed by atoms with Crippen molar-refractivity contribution in [2.45, 2.75) is 31.4 Å². The number of rotatable bonds is 2. The number of furan rings is 1. The number of nitrogens with zero attached hydrogens (tertiary/aromatic N) is 1. The molecule has 0 atom stereocenters. The molecule has 0 unspecified atom stereocenters. The van der Waals surface area contributed by atoms with Crippen LogP contribution in [0.25, 0.3) is 0 Å². The second kappa shape index (κ2) is 3.91. The summed E-state index contributed by atoms with van der Waals surface area (Å²) in [5.41, 5.74) is -0.648. The Bertz CT molecular complexity index is 506. The van der Waals surface area contributed by atoms with Gasteiger partial charge in [0.25, 0.3) is 0 Å². The Morgan fingerprint density at radius 2 is 2.00 bits per heavy atom.